The number of hydrogen-bond donors (Lipinski definition) is 1. The van der Waals surface area contributed by atoms with E-state index in [9.17, 15) is 9.90 Å². The summed E-state index contributed by atoms with van der Waals surface area (Å²) in [4.78, 5) is 13.7. The van der Waals surface area contributed by atoms with Gasteiger partial charge in [0.25, 0.3) is 0 Å². The molecule has 2 saturated carbocycles. The molecule has 0 radical (unpaired) electrons. The van der Waals surface area contributed by atoms with Crippen molar-refractivity contribution in [2.75, 3.05) is 6.61 Å². The summed E-state index contributed by atoms with van der Waals surface area (Å²) < 4.78 is 12.7. The van der Waals surface area contributed by atoms with E-state index in [4.69, 9.17) is 9.47 Å². The molecular weight excluding hydrogens is 402 g/mol. The first kappa shape index (κ1) is 21.5. The smallest absolute Gasteiger partial charge is 0.407 e. The van der Waals surface area contributed by atoms with Crippen LogP contribution in [0.4, 0.5) is 4.79 Å². The standard InChI is InChI=1S/C27H33NO4/c29-27(30)28-24-16-15-23(24)26(32-17-19-7-3-1-4-8-19)25(28)18-31-22-13-11-21(12-14-22)20-9-5-2-6-10-20/h1-10,21-26H,11-18H2,(H,29,30)/t21?,22?,23-,24+,25-,26?/m0/s1. The molecule has 32 heavy (non-hydrogen) atoms. The van der Waals surface area contributed by atoms with Crippen molar-refractivity contribution in [3.63, 3.8) is 0 Å². The molecule has 1 heterocycles. The summed E-state index contributed by atoms with van der Waals surface area (Å²) >= 11 is 0. The van der Waals surface area contributed by atoms with Crippen molar-refractivity contribution in [3.8, 4) is 0 Å². The van der Waals surface area contributed by atoms with Crippen LogP contribution in [0.15, 0.2) is 60.7 Å². The molecule has 2 aliphatic carbocycles. The van der Waals surface area contributed by atoms with Crippen LogP contribution >= 0.6 is 0 Å². The first-order chi connectivity index (χ1) is 15.7. The Morgan fingerprint density at radius 3 is 2.19 bits per heavy atom. The minimum atomic E-state index is -0.841. The van der Waals surface area contributed by atoms with E-state index in [2.05, 4.69) is 42.5 Å². The lowest BCUT2D eigenvalue weighted by Crippen LogP contribution is -2.47. The van der Waals surface area contributed by atoms with E-state index >= 15 is 0 Å². The molecule has 0 aromatic heterocycles. The zero-order chi connectivity index (χ0) is 21.9. The molecule has 5 rings (SSSR count). The molecule has 3 fully saturated rings. The Labute approximate surface area is 190 Å². The molecule has 1 aliphatic heterocycles. The Morgan fingerprint density at radius 1 is 0.875 bits per heavy atom. The van der Waals surface area contributed by atoms with Crippen LogP contribution in [0.25, 0.3) is 0 Å². The van der Waals surface area contributed by atoms with E-state index < -0.39 is 6.09 Å². The maximum Gasteiger partial charge on any atom is 0.407 e. The third kappa shape index (κ3) is 4.41. The molecule has 4 atom stereocenters. The van der Waals surface area contributed by atoms with Gasteiger partial charge in [0, 0.05) is 12.0 Å². The van der Waals surface area contributed by atoms with Gasteiger partial charge in [-0.25, -0.2) is 4.79 Å². The summed E-state index contributed by atoms with van der Waals surface area (Å²) in [6.07, 6.45) is 5.55. The van der Waals surface area contributed by atoms with Crippen molar-refractivity contribution in [1.29, 1.82) is 0 Å². The number of fused-ring (bicyclic) bond motifs is 1. The second kappa shape index (κ2) is 9.63. The molecular formula is C27H33NO4. The van der Waals surface area contributed by atoms with Crippen LogP contribution in [0, 0.1) is 5.92 Å². The average molecular weight is 436 g/mol. The van der Waals surface area contributed by atoms with Gasteiger partial charge in [-0.3, -0.25) is 4.90 Å². The van der Waals surface area contributed by atoms with Gasteiger partial charge in [-0.15, -0.1) is 0 Å². The number of carbonyl (C=O) groups is 1. The fourth-order valence-corrected chi connectivity index (χ4v) is 5.91. The topological polar surface area (TPSA) is 59.0 Å². The van der Waals surface area contributed by atoms with E-state index in [0.717, 1.165) is 44.1 Å². The molecule has 1 saturated heterocycles. The summed E-state index contributed by atoms with van der Waals surface area (Å²) in [7, 11) is 0. The Hall–Kier alpha value is -2.37. The normalized spacial score (nSPS) is 31.7. The van der Waals surface area contributed by atoms with E-state index in [1.54, 1.807) is 4.90 Å². The Balaban J connectivity index is 1.20. The van der Waals surface area contributed by atoms with Crippen molar-refractivity contribution >= 4 is 6.09 Å². The molecule has 2 aromatic rings. The Bertz CT molecular complexity index is 881. The summed E-state index contributed by atoms with van der Waals surface area (Å²) in [5.74, 6) is 0.896. The molecule has 2 aromatic carbocycles. The summed E-state index contributed by atoms with van der Waals surface area (Å²) in [5.41, 5.74) is 2.54. The minimum Gasteiger partial charge on any atom is -0.465 e. The predicted molar refractivity (Wildman–Crippen MR) is 123 cm³/mol. The van der Waals surface area contributed by atoms with Crippen LogP contribution in [0.2, 0.25) is 0 Å². The van der Waals surface area contributed by atoms with Crippen molar-refractivity contribution in [3.05, 3.63) is 71.8 Å². The molecule has 5 nitrogen and oxygen atoms in total. The molecule has 0 spiro atoms. The largest absolute Gasteiger partial charge is 0.465 e. The summed E-state index contributed by atoms with van der Waals surface area (Å²) in [5, 5.41) is 9.92. The lowest BCUT2D eigenvalue weighted by Gasteiger charge is -2.35. The Kier molecular flexibility index (Phi) is 6.47. The van der Waals surface area contributed by atoms with E-state index in [-0.39, 0.29) is 30.2 Å². The first-order valence-corrected chi connectivity index (χ1v) is 12.0. The van der Waals surface area contributed by atoms with Crippen molar-refractivity contribution in [2.24, 2.45) is 5.92 Å². The lowest BCUT2D eigenvalue weighted by molar-refractivity contribution is -0.0530. The highest BCUT2D eigenvalue weighted by molar-refractivity contribution is 5.67. The maximum absolute atomic E-state index is 12.1. The molecule has 1 unspecified atom stereocenters. The van der Waals surface area contributed by atoms with Gasteiger partial charge in [-0.1, -0.05) is 60.7 Å². The minimum absolute atomic E-state index is 0.0793. The van der Waals surface area contributed by atoms with E-state index in [1.807, 2.05) is 18.2 Å². The third-order valence-corrected chi connectivity index (χ3v) is 7.76. The number of carboxylic acid groups (broad SMARTS) is 1. The molecule has 1 amide bonds. The van der Waals surface area contributed by atoms with Crippen LogP contribution in [0.5, 0.6) is 0 Å². The van der Waals surface area contributed by atoms with Crippen molar-refractivity contribution in [1.82, 2.24) is 4.90 Å². The number of amides is 1. The summed E-state index contributed by atoms with van der Waals surface area (Å²) in [6, 6.07) is 20.7. The van der Waals surface area contributed by atoms with Gasteiger partial charge in [0.05, 0.1) is 31.5 Å². The highest BCUT2D eigenvalue weighted by atomic mass is 16.5. The summed E-state index contributed by atoms with van der Waals surface area (Å²) in [6.45, 7) is 0.945. The fourth-order valence-electron chi connectivity index (χ4n) is 5.91. The van der Waals surface area contributed by atoms with Crippen LogP contribution in [0.1, 0.15) is 55.6 Å². The number of rotatable bonds is 7. The van der Waals surface area contributed by atoms with Gasteiger partial charge in [0.15, 0.2) is 0 Å². The number of nitrogens with zero attached hydrogens (tertiary/aromatic N) is 1. The van der Waals surface area contributed by atoms with Gasteiger partial charge >= 0.3 is 6.09 Å². The van der Waals surface area contributed by atoms with Gasteiger partial charge in [-0.05, 0) is 55.6 Å². The SMILES string of the molecule is O=C(O)N1[C@@H]2CC[C@@H]2C(OCc2ccccc2)[C@@H]1COC1CCC(c2ccccc2)CC1. The fraction of sp³-hybridized carbons (Fsp3) is 0.519. The molecule has 0 bridgehead atoms. The van der Waals surface area contributed by atoms with Gasteiger partial charge in [-0.2, -0.15) is 0 Å². The number of hydrogen-bond acceptors (Lipinski definition) is 3. The van der Waals surface area contributed by atoms with Crippen molar-refractivity contribution < 1.29 is 19.4 Å². The van der Waals surface area contributed by atoms with Crippen LogP contribution in [-0.4, -0.2) is 47.0 Å². The van der Waals surface area contributed by atoms with Crippen LogP contribution in [-0.2, 0) is 16.1 Å². The number of likely N-dealkylation sites (tertiary alicyclic amines) is 1. The lowest BCUT2D eigenvalue weighted by atomic mass is 9.78. The van der Waals surface area contributed by atoms with E-state index in [1.165, 1.54) is 5.56 Å². The molecule has 170 valence electrons. The quantitative estimate of drug-likeness (QED) is 0.628. The number of ether oxygens (including phenoxy) is 2. The highest BCUT2D eigenvalue weighted by Crippen LogP contribution is 2.46. The first-order valence-electron chi connectivity index (χ1n) is 12.0. The zero-order valence-electron chi connectivity index (χ0n) is 18.5. The molecule has 3 aliphatic rings. The molecule has 5 heteroatoms. The highest BCUT2D eigenvalue weighted by Gasteiger charge is 2.56. The van der Waals surface area contributed by atoms with Crippen molar-refractivity contribution in [2.45, 2.75) is 75.3 Å². The maximum atomic E-state index is 12.1. The van der Waals surface area contributed by atoms with Gasteiger partial charge in [0.1, 0.15) is 0 Å². The van der Waals surface area contributed by atoms with Gasteiger partial charge < -0.3 is 14.6 Å². The number of benzene rings is 2. The van der Waals surface area contributed by atoms with Crippen LogP contribution in [0.3, 0.4) is 0 Å². The molecule has 1 N–H and O–H groups in total. The van der Waals surface area contributed by atoms with Gasteiger partial charge in [0.2, 0.25) is 0 Å². The second-order valence-corrected chi connectivity index (χ2v) is 9.54. The van der Waals surface area contributed by atoms with Crippen LogP contribution < -0.4 is 0 Å². The van der Waals surface area contributed by atoms with E-state index in [0.29, 0.717) is 19.1 Å². The zero-order valence-corrected chi connectivity index (χ0v) is 18.5. The predicted octanol–water partition coefficient (Wildman–Crippen LogP) is 5.46. The third-order valence-electron chi connectivity index (χ3n) is 7.76. The average Bonchev–Trinajstić information content (AvgIpc) is 3.03. The Morgan fingerprint density at radius 2 is 1.56 bits per heavy atom. The second-order valence-electron chi connectivity index (χ2n) is 9.54. The monoisotopic (exact) mass is 435 g/mol.